The quantitative estimate of drug-likeness (QED) is 0.559. The standard InChI is InChI=1S/C16H17IN2O5/c1-8-5-10(9(2)24-8)15(20)18-19-16(21)11-6-13(22-3)14(23-4)7-12(11)17/h5-7H,1-4H3,(H,18,20)(H,19,21). The number of furan rings is 1. The first-order valence-corrected chi connectivity index (χ1v) is 8.04. The number of carbonyl (C=O) groups is 2. The van der Waals surface area contributed by atoms with Crippen LogP contribution in [0.4, 0.5) is 0 Å². The van der Waals surface area contributed by atoms with Crippen molar-refractivity contribution in [2.45, 2.75) is 13.8 Å². The summed E-state index contributed by atoms with van der Waals surface area (Å²) >= 11 is 2.01. The number of hydrogen-bond donors (Lipinski definition) is 2. The van der Waals surface area contributed by atoms with E-state index in [4.69, 9.17) is 13.9 Å². The molecule has 2 rings (SSSR count). The van der Waals surface area contributed by atoms with E-state index < -0.39 is 11.8 Å². The van der Waals surface area contributed by atoms with Gasteiger partial charge < -0.3 is 13.9 Å². The number of halogens is 1. The predicted octanol–water partition coefficient (Wildman–Crippen LogP) is 2.59. The third kappa shape index (κ3) is 3.81. The zero-order valence-electron chi connectivity index (χ0n) is 13.7. The Morgan fingerprint density at radius 3 is 2.00 bits per heavy atom. The molecule has 128 valence electrons. The molecule has 8 heteroatoms. The molecule has 0 aliphatic heterocycles. The molecule has 0 atom stereocenters. The Kier molecular flexibility index (Phi) is 5.71. The van der Waals surface area contributed by atoms with Gasteiger partial charge in [0.05, 0.1) is 25.3 Å². The number of ether oxygens (including phenoxy) is 2. The number of hydrogen-bond acceptors (Lipinski definition) is 5. The van der Waals surface area contributed by atoms with Gasteiger partial charge in [0.25, 0.3) is 11.8 Å². The van der Waals surface area contributed by atoms with Crippen LogP contribution in [-0.2, 0) is 0 Å². The minimum atomic E-state index is -0.466. The molecule has 0 fully saturated rings. The summed E-state index contributed by atoms with van der Waals surface area (Å²) in [7, 11) is 3.00. The highest BCUT2D eigenvalue weighted by Gasteiger charge is 2.18. The summed E-state index contributed by atoms with van der Waals surface area (Å²) in [5.74, 6) is 1.14. The highest BCUT2D eigenvalue weighted by Crippen LogP contribution is 2.31. The lowest BCUT2D eigenvalue weighted by molar-refractivity contribution is 0.0845. The Bertz CT molecular complexity index is 785. The molecule has 0 aliphatic rings. The molecular formula is C16H17IN2O5. The lowest BCUT2D eigenvalue weighted by Crippen LogP contribution is -2.42. The number of carbonyl (C=O) groups excluding carboxylic acids is 2. The van der Waals surface area contributed by atoms with Gasteiger partial charge in [-0.1, -0.05) is 0 Å². The molecule has 0 bridgehead atoms. The molecule has 0 radical (unpaired) electrons. The molecule has 0 aliphatic carbocycles. The van der Waals surface area contributed by atoms with E-state index in [0.717, 1.165) is 0 Å². The van der Waals surface area contributed by atoms with E-state index in [1.165, 1.54) is 14.2 Å². The molecular weight excluding hydrogens is 427 g/mol. The van der Waals surface area contributed by atoms with Gasteiger partial charge in [0.15, 0.2) is 11.5 Å². The second-order valence-corrected chi connectivity index (χ2v) is 6.08. The molecule has 2 N–H and O–H groups in total. The predicted molar refractivity (Wildman–Crippen MR) is 95.4 cm³/mol. The molecule has 1 heterocycles. The van der Waals surface area contributed by atoms with Crippen LogP contribution in [0.2, 0.25) is 0 Å². The van der Waals surface area contributed by atoms with Crippen LogP contribution >= 0.6 is 22.6 Å². The second kappa shape index (κ2) is 7.56. The van der Waals surface area contributed by atoms with Crippen molar-refractivity contribution in [1.29, 1.82) is 0 Å². The normalized spacial score (nSPS) is 10.2. The average molecular weight is 444 g/mol. The average Bonchev–Trinajstić information content (AvgIpc) is 2.90. The molecule has 2 aromatic rings. The molecule has 0 saturated heterocycles. The van der Waals surface area contributed by atoms with Crippen molar-refractivity contribution in [3.8, 4) is 11.5 Å². The van der Waals surface area contributed by atoms with E-state index in [0.29, 0.717) is 37.7 Å². The number of hydrazine groups is 1. The van der Waals surface area contributed by atoms with Gasteiger partial charge in [-0.2, -0.15) is 0 Å². The number of nitrogens with one attached hydrogen (secondary N) is 2. The molecule has 2 amide bonds. The van der Waals surface area contributed by atoms with Crippen molar-refractivity contribution in [2.24, 2.45) is 0 Å². The summed E-state index contributed by atoms with van der Waals surface area (Å²) in [6.07, 6.45) is 0. The zero-order valence-corrected chi connectivity index (χ0v) is 15.8. The summed E-state index contributed by atoms with van der Waals surface area (Å²) in [4.78, 5) is 24.4. The Labute approximate surface area is 152 Å². The van der Waals surface area contributed by atoms with Crippen LogP contribution in [0.25, 0.3) is 0 Å². The van der Waals surface area contributed by atoms with Gasteiger partial charge >= 0.3 is 0 Å². The Hall–Kier alpha value is -2.23. The van der Waals surface area contributed by atoms with Crippen molar-refractivity contribution in [1.82, 2.24) is 10.9 Å². The van der Waals surface area contributed by atoms with Gasteiger partial charge in [0, 0.05) is 3.57 Å². The molecule has 24 heavy (non-hydrogen) atoms. The summed E-state index contributed by atoms with van der Waals surface area (Å²) in [6, 6.07) is 4.84. The zero-order chi connectivity index (χ0) is 17.9. The van der Waals surface area contributed by atoms with E-state index in [9.17, 15) is 9.59 Å². The minimum Gasteiger partial charge on any atom is -0.493 e. The third-order valence-corrected chi connectivity index (χ3v) is 4.19. The first-order chi connectivity index (χ1) is 11.4. The second-order valence-electron chi connectivity index (χ2n) is 4.92. The van der Waals surface area contributed by atoms with Crippen LogP contribution in [0, 0.1) is 17.4 Å². The first-order valence-electron chi connectivity index (χ1n) is 6.96. The maximum Gasteiger partial charge on any atom is 0.273 e. The van der Waals surface area contributed by atoms with Crippen molar-refractivity contribution in [3.05, 3.63) is 44.4 Å². The maximum atomic E-state index is 12.3. The van der Waals surface area contributed by atoms with Crippen LogP contribution in [-0.4, -0.2) is 26.0 Å². The van der Waals surface area contributed by atoms with Crippen molar-refractivity contribution < 1.29 is 23.5 Å². The summed E-state index contributed by atoms with van der Waals surface area (Å²) in [5, 5.41) is 0. The SMILES string of the molecule is COc1cc(I)c(C(=O)NNC(=O)c2cc(C)oc2C)cc1OC. The Balaban J connectivity index is 2.13. The molecule has 0 spiro atoms. The monoisotopic (exact) mass is 444 g/mol. The number of rotatable bonds is 4. The Morgan fingerprint density at radius 2 is 1.50 bits per heavy atom. The molecule has 0 saturated carbocycles. The minimum absolute atomic E-state index is 0.355. The third-order valence-electron chi connectivity index (χ3n) is 3.29. The van der Waals surface area contributed by atoms with Gasteiger partial charge in [0.1, 0.15) is 11.5 Å². The largest absolute Gasteiger partial charge is 0.493 e. The molecule has 1 aromatic carbocycles. The maximum absolute atomic E-state index is 12.3. The number of benzene rings is 1. The highest BCUT2D eigenvalue weighted by atomic mass is 127. The van der Waals surface area contributed by atoms with Crippen molar-refractivity contribution in [2.75, 3.05) is 14.2 Å². The topological polar surface area (TPSA) is 89.8 Å². The van der Waals surface area contributed by atoms with Gasteiger partial charge in [-0.15, -0.1) is 0 Å². The lowest BCUT2D eigenvalue weighted by atomic mass is 10.2. The van der Waals surface area contributed by atoms with Crippen LogP contribution in [0.5, 0.6) is 11.5 Å². The lowest BCUT2D eigenvalue weighted by Gasteiger charge is -2.12. The highest BCUT2D eigenvalue weighted by molar-refractivity contribution is 14.1. The van der Waals surface area contributed by atoms with E-state index in [1.807, 2.05) is 22.6 Å². The van der Waals surface area contributed by atoms with Crippen molar-refractivity contribution >= 4 is 34.4 Å². The van der Waals surface area contributed by atoms with Crippen LogP contribution in [0.3, 0.4) is 0 Å². The molecule has 1 aromatic heterocycles. The summed E-state index contributed by atoms with van der Waals surface area (Å²) < 4.78 is 16.3. The Morgan fingerprint density at radius 1 is 0.958 bits per heavy atom. The number of aryl methyl sites for hydroxylation is 2. The molecule has 0 unspecified atom stereocenters. The smallest absolute Gasteiger partial charge is 0.273 e. The fourth-order valence-corrected chi connectivity index (χ4v) is 2.82. The fraction of sp³-hybridized carbons (Fsp3) is 0.250. The summed E-state index contributed by atoms with van der Waals surface area (Å²) in [5.41, 5.74) is 5.48. The van der Waals surface area contributed by atoms with Crippen LogP contribution in [0.15, 0.2) is 22.6 Å². The van der Waals surface area contributed by atoms with Gasteiger partial charge in [-0.05, 0) is 54.6 Å². The van der Waals surface area contributed by atoms with Gasteiger partial charge in [-0.3, -0.25) is 20.4 Å². The van der Waals surface area contributed by atoms with Crippen LogP contribution in [0.1, 0.15) is 32.2 Å². The number of amides is 2. The molecule has 7 nitrogen and oxygen atoms in total. The first kappa shape index (κ1) is 18.1. The van der Waals surface area contributed by atoms with Gasteiger partial charge in [-0.25, -0.2) is 0 Å². The van der Waals surface area contributed by atoms with Crippen molar-refractivity contribution in [3.63, 3.8) is 0 Å². The van der Waals surface area contributed by atoms with E-state index in [1.54, 1.807) is 32.0 Å². The van der Waals surface area contributed by atoms with Gasteiger partial charge in [0.2, 0.25) is 0 Å². The summed E-state index contributed by atoms with van der Waals surface area (Å²) in [6.45, 7) is 3.43. The van der Waals surface area contributed by atoms with Crippen LogP contribution < -0.4 is 20.3 Å². The van der Waals surface area contributed by atoms with E-state index in [-0.39, 0.29) is 0 Å². The van der Waals surface area contributed by atoms with E-state index >= 15 is 0 Å². The fourth-order valence-electron chi connectivity index (χ4n) is 2.13. The number of methoxy groups -OCH3 is 2. The van der Waals surface area contributed by atoms with E-state index in [2.05, 4.69) is 10.9 Å².